The van der Waals surface area contributed by atoms with Crippen LogP contribution < -0.4 is 0 Å². The highest BCUT2D eigenvalue weighted by Gasteiger charge is 2.24. The molecule has 0 bridgehead atoms. The van der Waals surface area contributed by atoms with Gasteiger partial charge in [0.25, 0.3) is 0 Å². The van der Waals surface area contributed by atoms with Crippen LogP contribution in [0.25, 0.3) is 0 Å². The molecule has 0 aliphatic heterocycles. The highest BCUT2D eigenvalue weighted by molar-refractivity contribution is 5.25. The van der Waals surface area contributed by atoms with Gasteiger partial charge in [-0.3, -0.25) is 0 Å². The third-order valence-electron chi connectivity index (χ3n) is 5.81. The van der Waals surface area contributed by atoms with Crippen molar-refractivity contribution in [3.63, 3.8) is 0 Å². The molecule has 2 atom stereocenters. The fraction of sp³-hybridized carbons (Fsp3) is 0.565. The van der Waals surface area contributed by atoms with Gasteiger partial charge in [-0.2, -0.15) is 0 Å². The Bertz CT molecular complexity index is 703. The maximum absolute atomic E-state index is 4.78. The number of hydrogen-bond donors (Lipinski definition) is 0. The lowest BCUT2D eigenvalue weighted by Gasteiger charge is -2.29. The van der Waals surface area contributed by atoms with Gasteiger partial charge in [0.2, 0.25) is 0 Å². The van der Waals surface area contributed by atoms with Crippen molar-refractivity contribution in [2.24, 2.45) is 11.8 Å². The number of aromatic nitrogens is 2. The van der Waals surface area contributed by atoms with Gasteiger partial charge in [0.05, 0.1) is 0 Å². The summed E-state index contributed by atoms with van der Waals surface area (Å²) < 4.78 is 0. The number of nitrogens with zero attached hydrogens (tertiary/aromatic N) is 2. The fourth-order valence-corrected chi connectivity index (χ4v) is 4.40. The minimum Gasteiger partial charge on any atom is -0.238 e. The van der Waals surface area contributed by atoms with Crippen molar-refractivity contribution in [2.45, 2.75) is 72.6 Å². The summed E-state index contributed by atoms with van der Waals surface area (Å²) in [6, 6.07) is 9.11. The molecule has 0 spiro atoms. The summed E-state index contributed by atoms with van der Waals surface area (Å²) in [4.78, 5) is 9.39. The van der Waals surface area contributed by atoms with E-state index in [2.05, 4.69) is 50.0 Å². The van der Waals surface area contributed by atoms with Gasteiger partial charge in [0.1, 0.15) is 5.82 Å². The van der Waals surface area contributed by atoms with E-state index in [0.717, 1.165) is 30.5 Å². The van der Waals surface area contributed by atoms with E-state index in [9.17, 15) is 0 Å². The van der Waals surface area contributed by atoms with Crippen molar-refractivity contribution in [3.05, 3.63) is 58.2 Å². The first-order chi connectivity index (χ1) is 12.0. The van der Waals surface area contributed by atoms with Gasteiger partial charge in [0.15, 0.2) is 0 Å². The highest BCUT2D eigenvalue weighted by Crippen LogP contribution is 2.33. The molecule has 1 aliphatic carbocycles. The second-order valence-electron chi connectivity index (χ2n) is 7.94. The zero-order chi connectivity index (χ0) is 17.8. The SMILES string of the molecule is CCc1nc(C)nc(CC2CCC[C@H](Cc3ccc(C)cc3)C2)c1C. The van der Waals surface area contributed by atoms with Crippen LogP contribution in [0.3, 0.4) is 0 Å². The molecule has 1 aliphatic rings. The normalized spacial score (nSPS) is 20.6. The Morgan fingerprint density at radius 2 is 1.52 bits per heavy atom. The first-order valence-corrected chi connectivity index (χ1v) is 9.93. The molecule has 2 heteroatoms. The Morgan fingerprint density at radius 1 is 0.880 bits per heavy atom. The van der Waals surface area contributed by atoms with Crippen LogP contribution in [0, 0.1) is 32.6 Å². The van der Waals surface area contributed by atoms with Crippen LogP contribution in [-0.2, 0) is 19.3 Å². The van der Waals surface area contributed by atoms with E-state index in [1.54, 1.807) is 0 Å². The van der Waals surface area contributed by atoms with Crippen LogP contribution in [0.15, 0.2) is 24.3 Å². The molecule has 1 saturated carbocycles. The molecule has 0 N–H and O–H groups in total. The second kappa shape index (κ2) is 8.12. The Balaban J connectivity index is 1.66. The van der Waals surface area contributed by atoms with Gasteiger partial charge < -0.3 is 0 Å². The van der Waals surface area contributed by atoms with Crippen molar-refractivity contribution in [3.8, 4) is 0 Å². The van der Waals surface area contributed by atoms with Gasteiger partial charge in [-0.05, 0) is 69.4 Å². The minimum absolute atomic E-state index is 0.780. The van der Waals surface area contributed by atoms with Crippen LogP contribution >= 0.6 is 0 Å². The van der Waals surface area contributed by atoms with Crippen LogP contribution in [0.1, 0.15) is 66.5 Å². The van der Waals surface area contributed by atoms with Crippen molar-refractivity contribution in [1.82, 2.24) is 9.97 Å². The number of hydrogen-bond acceptors (Lipinski definition) is 2. The average Bonchev–Trinajstić information content (AvgIpc) is 2.60. The zero-order valence-electron chi connectivity index (χ0n) is 16.3. The lowest BCUT2D eigenvalue weighted by atomic mass is 9.76. The topological polar surface area (TPSA) is 25.8 Å². The number of aryl methyl sites for hydroxylation is 3. The molecule has 134 valence electrons. The van der Waals surface area contributed by atoms with Crippen LogP contribution in [-0.4, -0.2) is 9.97 Å². The molecule has 1 unspecified atom stereocenters. The summed E-state index contributed by atoms with van der Waals surface area (Å²) in [5, 5.41) is 0. The van der Waals surface area contributed by atoms with Crippen molar-refractivity contribution in [1.29, 1.82) is 0 Å². The third kappa shape index (κ3) is 4.68. The predicted molar refractivity (Wildman–Crippen MR) is 105 cm³/mol. The molecule has 0 amide bonds. The van der Waals surface area contributed by atoms with E-state index >= 15 is 0 Å². The smallest absolute Gasteiger partial charge is 0.125 e. The minimum atomic E-state index is 0.780. The quantitative estimate of drug-likeness (QED) is 0.715. The van der Waals surface area contributed by atoms with E-state index in [1.165, 1.54) is 60.2 Å². The molecule has 1 aromatic heterocycles. The molecule has 0 radical (unpaired) electrons. The monoisotopic (exact) mass is 336 g/mol. The third-order valence-corrected chi connectivity index (χ3v) is 5.81. The summed E-state index contributed by atoms with van der Waals surface area (Å²) in [6.07, 6.45) is 8.82. The molecular formula is C23H32N2. The van der Waals surface area contributed by atoms with E-state index in [-0.39, 0.29) is 0 Å². The van der Waals surface area contributed by atoms with Gasteiger partial charge in [-0.15, -0.1) is 0 Å². The van der Waals surface area contributed by atoms with Gasteiger partial charge in [-0.25, -0.2) is 9.97 Å². The van der Waals surface area contributed by atoms with Crippen LogP contribution in [0.2, 0.25) is 0 Å². The lowest BCUT2D eigenvalue weighted by Crippen LogP contribution is -2.20. The maximum Gasteiger partial charge on any atom is 0.125 e. The molecule has 25 heavy (non-hydrogen) atoms. The molecule has 1 heterocycles. The summed E-state index contributed by atoms with van der Waals surface area (Å²) in [7, 11) is 0. The first kappa shape index (κ1) is 18.1. The molecule has 1 aromatic carbocycles. The standard InChI is InChI=1S/C23H32N2/c1-5-22-17(3)23(25-18(4)24-22)15-21-8-6-7-20(14-21)13-19-11-9-16(2)10-12-19/h9-12,20-21H,5-8,13-15H2,1-4H3/t20-,21?/m1/s1. The zero-order valence-corrected chi connectivity index (χ0v) is 16.3. The largest absolute Gasteiger partial charge is 0.238 e. The van der Waals surface area contributed by atoms with Crippen molar-refractivity contribution >= 4 is 0 Å². The Morgan fingerprint density at radius 3 is 2.20 bits per heavy atom. The number of rotatable bonds is 5. The average molecular weight is 337 g/mol. The number of benzene rings is 1. The molecule has 0 saturated heterocycles. The van der Waals surface area contributed by atoms with Gasteiger partial charge in [0, 0.05) is 11.4 Å². The summed E-state index contributed by atoms with van der Waals surface area (Å²) in [6.45, 7) is 8.59. The van der Waals surface area contributed by atoms with E-state index < -0.39 is 0 Å². The molecule has 3 rings (SSSR count). The van der Waals surface area contributed by atoms with E-state index in [0.29, 0.717) is 0 Å². The van der Waals surface area contributed by atoms with Gasteiger partial charge >= 0.3 is 0 Å². The summed E-state index contributed by atoms with van der Waals surface area (Å²) >= 11 is 0. The molecule has 1 fully saturated rings. The van der Waals surface area contributed by atoms with Crippen molar-refractivity contribution in [2.75, 3.05) is 0 Å². The van der Waals surface area contributed by atoms with Crippen LogP contribution in [0.4, 0.5) is 0 Å². The summed E-state index contributed by atoms with van der Waals surface area (Å²) in [5.41, 5.74) is 6.71. The van der Waals surface area contributed by atoms with Crippen molar-refractivity contribution < 1.29 is 0 Å². The predicted octanol–water partition coefficient (Wildman–Crippen LogP) is 5.56. The highest BCUT2D eigenvalue weighted by atomic mass is 14.9. The summed E-state index contributed by atoms with van der Waals surface area (Å²) in [5.74, 6) is 2.54. The Hall–Kier alpha value is -1.70. The second-order valence-corrected chi connectivity index (χ2v) is 7.94. The van der Waals surface area contributed by atoms with Gasteiger partial charge in [-0.1, -0.05) is 56.0 Å². The Kier molecular flexibility index (Phi) is 5.88. The van der Waals surface area contributed by atoms with E-state index in [1.807, 2.05) is 6.92 Å². The molecular weight excluding hydrogens is 304 g/mol. The Labute approximate surface area is 153 Å². The molecule has 2 aromatic rings. The van der Waals surface area contributed by atoms with E-state index in [4.69, 9.17) is 4.98 Å². The van der Waals surface area contributed by atoms with Crippen LogP contribution in [0.5, 0.6) is 0 Å². The first-order valence-electron chi connectivity index (χ1n) is 9.93. The lowest BCUT2D eigenvalue weighted by molar-refractivity contribution is 0.262. The fourth-order valence-electron chi connectivity index (χ4n) is 4.40. The molecule has 2 nitrogen and oxygen atoms in total. The maximum atomic E-state index is 4.78.